The van der Waals surface area contributed by atoms with Gasteiger partial charge >= 0.3 is 0 Å². The molecule has 0 radical (unpaired) electrons. The van der Waals surface area contributed by atoms with Crippen molar-refractivity contribution in [1.29, 1.82) is 0 Å². The molecule has 0 spiro atoms. The summed E-state index contributed by atoms with van der Waals surface area (Å²) < 4.78 is 2.07. The van der Waals surface area contributed by atoms with E-state index in [9.17, 15) is 5.11 Å². The van der Waals surface area contributed by atoms with E-state index < -0.39 is 6.10 Å². The van der Waals surface area contributed by atoms with Crippen molar-refractivity contribution in [3.63, 3.8) is 0 Å². The van der Waals surface area contributed by atoms with Crippen molar-refractivity contribution < 1.29 is 5.11 Å². The maximum absolute atomic E-state index is 10.8. The number of aromatic nitrogens is 3. The summed E-state index contributed by atoms with van der Waals surface area (Å²) in [5.41, 5.74) is 2.47. The first-order chi connectivity index (χ1) is 11.4. The van der Waals surface area contributed by atoms with E-state index in [0.29, 0.717) is 12.5 Å². The van der Waals surface area contributed by atoms with Crippen molar-refractivity contribution in [2.45, 2.75) is 70.9 Å². The Morgan fingerprint density at radius 3 is 2.67 bits per heavy atom. The summed E-state index contributed by atoms with van der Waals surface area (Å²) >= 11 is 0. The fourth-order valence-electron chi connectivity index (χ4n) is 3.56. The Labute approximate surface area is 145 Å². The zero-order chi connectivity index (χ0) is 17.2. The molecule has 130 valence electrons. The summed E-state index contributed by atoms with van der Waals surface area (Å²) in [5, 5.41) is 10.8. The lowest BCUT2D eigenvalue weighted by molar-refractivity contribution is 0.0743. The molecule has 1 atom stereocenters. The molecule has 0 aromatic carbocycles. The van der Waals surface area contributed by atoms with Gasteiger partial charge in [0.15, 0.2) is 0 Å². The largest absolute Gasteiger partial charge is 0.385 e. The highest BCUT2D eigenvalue weighted by atomic mass is 16.3. The molecule has 1 unspecified atom stereocenters. The Kier molecular flexibility index (Phi) is 5.04. The van der Waals surface area contributed by atoms with Crippen LogP contribution in [0.2, 0.25) is 0 Å². The van der Waals surface area contributed by atoms with Crippen LogP contribution in [0.25, 0.3) is 0 Å². The van der Waals surface area contributed by atoms with Gasteiger partial charge in [0, 0.05) is 24.8 Å². The number of rotatable bonds is 4. The lowest BCUT2D eigenvalue weighted by atomic mass is 9.85. The van der Waals surface area contributed by atoms with Crippen molar-refractivity contribution in [2.24, 2.45) is 5.92 Å². The molecule has 0 amide bonds. The van der Waals surface area contributed by atoms with Crippen LogP contribution in [0.4, 0.5) is 0 Å². The van der Waals surface area contributed by atoms with Crippen molar-refractivity contribution >= 4 is 0 Å². The molecule has 1 N–H and O–H groups in total. The van der Waals surface area contributed by atoms with Crippen molar-refractivity contribution in [2.75, 3.05) is 0 Å². The highest BCUT2D eigenvalue weighted by Gasteiger charge is 2.26. The molecule has 1 saturated carbocycles. The molecule has 1 aliphatic rings. The van der Waals surface area contributed by atoms with Gasteiger partial charge < -0.3 is 9.67 Å². The molecule has 1 aliphatic carbocycles. The molecule has 0 bridgehead atoms. The zero-order valence-electron chi connectivity index (χ0n) is 15.1. The van der Waals surface area contributed by atoms with E-state index >= 15 is 0 Å². The highest BCUT2D eigenvalue weighted by Crippen LogP contribution is 2.34. The normalized spacial score (nSPS) is 17.8. The van der Waals surface area contributed by atoms with Crippen LogP contribution >= 0.6 is 0 Å². The third-order valence-corrected chi connectivity index (χ3v) is 5.12. The molecule has 0 aliphatic heterocycles. The lowest BCUT2D eigenvalue weighted by Crippen LogP contribution is -2.20. The first-order valence-electron chi connectivity index (χ1n) is 9.08. The van der Waals surface area contributed by atoms with E-state index in [4.69, 9.17) is 0 Å². The molecular formula is C20H29N3O. The van der Waals surface area contributed by atoms with E-state index in [-0.39, 0.29) is 5.41 Å². The topological polar surface area (TPSA) is 50.9 Å². The Morgan fingerprint density at radius 2 is 1.96 bits per heavy atom. The number of hydrogen-bond acceptors (Lipinski definition) is 3. The fraction of sp³-hybridized carbons (Fsp3) is 0.600. The first-order valence-corrected chi connectivity index (χ1v) is 9.08. The third kappa shape index (κ3) is 3.86. The van der Waals surface area contributed by atoms with Gasteiger partial charge in [-0.25, -0.2) is 4.98 Å². The second-order valence-electron chi connectivity index (χ2n) is 8.09. The zero-order valence-corrected chi connectivity index (χ0v) is 15.1. The minimum Gasteiger partial charge on any atom is -0.385 e. The number of hydrogen-bond donors (Lipinski definition) is 1. The monoisotopic (exact) mass is 327 g/mol. The Morgan fingerprint density at radius 1 is 1.21 bits per heavy atom. The van der Waals surface area contributed by atoms with Gasteiger partial charge in [0.05, 0.1) is 6.54 Å². The minimum absolute atomic E-state index is 0.0857. The molecule has 2 heterocycles. The number of aliphatic hydroxyl groups excluding tert-OH is 1. The molecule has 3 rings (SSSR count). The predicted molar refractivity (Wildman–Crippen MR) is 95.8 cm³/mol. The van der Waals surface area contributed by atoms with Crippen molar-refractivity contribution in [3.8, 4) is 0 Å². The first kappa shape index (κ1) is 17.2. The lowest BCUT2D eigenvalue weighted by Gasteiger charge is -2.26. The number of pyridine rings is 1. The van der Waals surface area contributed by atoms with Gasteiger partial charge in [-0.2, -0.15) is 0 Å². The summed E-state index contributed by atoms with van der Waals surface area (Å²) in [5.74, 6) is 1.14. The number of imidazole rings is 1. The van der Waals surface area contributed by atoms with Gasteiger partial charge in [-0.3, -0.25) is 4.98 Å². The van der Waals surface area contributed by atoms with Crippen molar-refractivity contribution in [1.82, 2.24) is 14.5 Å². The molecule has 0 saturated heterocycles. The predicted octanol–water partition coefficient (Wildman–Crippen LogP) is 4.24. The van der Waals surface area contributed by atoms with Gasteiger partial charge in [-0.05, 0) is 35.3 Å². The molecule has 2 aromatic heterocycles. The summed E-state index contributed by atoms with van der Waals surface area (Å²) in [7, 11) is 0. The van der Waals surface area contributed by atoms with E-state index in [2.05, 4.69) is 41.4 Å². The van der Waals surface area contributed by atoms with Gasteiger partial charge in [0.1, 0.15) is 11.9 Å². The van der Waals surface area contributed by atoms with Gasteiger partial charge in [-0.1, -0.05) is 46.1 Å². The standard InChI is InChI=1S/C20H29N3O/c1-20(2,3)17-11-15(12-21-13-17)14-23-10-9-22-19(23)18(24)16-7-5-4-6-8-16/h9-13,16,18,24H,4-8,14H2,1-3H3. The molecule has 24 heavy (non-hydrogen) atoms. The van der Waals surface area contributed by atoms with E-state index in [1.165, 1.54) is 24.8 Å². The van der Waals surface area contributed by atoms with Crippen LogP contribution in [0.5, 0.6) is 0 Å². The molecule has 1 fully saturated rings. The third-order valence-electron chi connectivity index (χ3n) is 5.12. The van der Waals surface area contributed by atoms with Crippen LogP contribution in [0.3, 0.4) is 0 Å². The fourth-order valence-corrected chi connectivity index (χ4v) is 3.56. The van der Waals surface area contributed by atoms with Crippen LogP contribution in [-0.2, 0) is 12.0 Å². The molecule has 4 heteroatoms. The maximum atomic E-state index is 10.8. The van der Waals surface area contributed by atoms with Gasteiger partial charge in [0.2, 0.25) is 0 Å². The Bertz CT molecular complexity index is 666. The van der Waals surface area contributed by atoms with Crippen LogP contribution in [0.1, 0.15) is 75.9 Å². The summed E-state index contributed by atoms with van der Waals surface area (Å²) in [6.45, 7) is 7.30. The summed E-state index contributed by atoms with van der Waals surface area (Å²) in [6.07, 6.45) is 13.1. The molecular weight excluding hydrogens is 298 g/mol. The average Bonchev–Trinajstić information content (AvgIpc) is 3.02. The second kappa shape index (κ2) is 7.06. The van der Waals surface area contributed by atoms with Gasteiger partial charge in [0.25, 0.3) is 0 Å². The SMILES string of the molecule is CC(C)(C)c1cncc(Cn2ccnc2C(O)C2CCCCC2)c1. The minimum atomic E-state index is -0.459. The Hall–Kier alpha value is -1.68. The van der Waals surface area contributed by atoms with E-state index in [1.54, 1.807) is 6.20 Å². The quantitative estimate of drug-likeness (QED) is 0.914. The summed E-state index contributed by atoms with van der Waals surface area (Å²) in [4.78, 5) is 8.85. The van der Waals surface area contributed by atoms with Crippen molar-refractivity contribution in [3.05, 3.63) is 47.8 Å². The second-order valence-corrected chi connectivity index (χ2v) is 8.09. The maximum Gasteiger partial charge on any atom is 0.138 e. The van der Waals surface area contributed by atoms with Gasteiger partial charge in [-0.15, -0.1) is 0 Å². The Balaban J connectivity index is 1.78. The smallest absolute Gasteiger partial charge is 0.138 e. The number of nitrogens with zero attached hydrogens (tertiary/aromatic N) is 3. The van der Waals surface area contributed by atoms with Crippen LogP contribution in [0.15, 0.2) is 30.9 Å². The number of aliphatic hydroxyl groups is 1. The van der Waals surface area contributed by atoms with E-state index in [0.717, 1.165) is 24.2 Å². The highest BCUT2D eigenvalue weighted by molar-refractivity contribution is 5.24. The molecule has 2 aromatic rings. The summed E-state index contributed by atoms with van der Waals surface area (Å²) in [6, 6.07) is 2.21. The van der Waals surface area contributed by atoms with E-state index in [1.807, 2.05) is 18.6 Å². The van der Waals surface area contributed by atoms with Crippen LogP contribution < -0.4 is 0 Å². The van der Waals surface area contributed by atoms with Crippen LogP contribution in [0, 0.1) is 5.92 Å². The molecule has 4 nitrogen and oxygen atoms in total. The average molecular weight is 327 g/mol. The van der Waals surface area contributed by atoms with Crippen LogP contribution in [-0.4, -0.2) is 19.6 Å².